The molecule has 3 aromatic rings. The number of anilines is 1. The molecule has 1 atom stereocenters. The summed E-state index contributed by atoms with van der Waals surface area (Å²) in [6.45, 7) is 5.01. The van der Waals surface area contributed by atoms with Crippen LogP contribution in [0.5, 0.6) is 0 Å². The SMILES string of the molecule is CCC(C(=O)N1CCN(c2ccc(-c3ccncc3)nn2)CC1)c1ccccc1. The van der Waals surface area contributed by atoms with Gasteiger partial charge in [-0.25, -0.2) is 0 Å². The summed E-state index contributed by atoms with van der Waals surface area (Å²) in [5, 5.41) is 8.76. The molecule has 0 aliphatic carbocycles. The summed E-state index contributed by atoms with van der Waals surface area (Å²) in [5.74, 6) is 1.00. The van der Waals surface area contributed by atoms with E-state index in [1.807, 2.05) is 59.5 Å². The van der Waals surface area contributed by atoms with Gasteiger partial charge in [0.15, 0.2) is 5.82 Å². The van der Waals surface area contributed by atoms with Gasteiger partial charge in [0.25, 0.3) is 0 Å². The minimum atomic E-state index is -0.0674. The first-order valence-electron chi connectivity index (χ1n) is 10.1. The van der Waals surface area contributed by atoms with Crippen molar-refractivity contribution in [2.75, 3.05) is 31.1 Å². The van der Waals surface area contributed by atoms with Gasteiger partial charge in [-0.15, -0.1) is 10.2 Å². The molecule has 1 unspecified atom stereocenters. The molecule has 6 heteroatoms. The van der Waals surface area contributed by atoms with Crippen LogP contribution in [-0.2, 0) is 4.79 Å². The fraction of sp³-hybridized carbons (Fsp3) is 0.304. The zero-order valence-electron chi connectivity index (χ0n) is 16.6. The highest BCUT2D eigenvalue weighted by molar-refractivity contribution is 5.84. The van der Waals surface area contributed by atoms with Crippen molar-refractivity contribution in [3.8, 4) is 11.3 Å². The van der Waals surface area contributed by atoms with Crippen molar-refractivity contribution in [2.24, 2.45) is 0 Å². The molecule has 29 heavy (non-hydrogen) atoms. The highest BCUT2D eigenvalue weighted by Gasteiger charge is 2.27. The van der Waals surface area contributed by atoms with Crippen molar-refractivity contribution in [1.82, 2.24) is 20.1 Å². The molecule has 1 aromatic carbocycles. The number of nitrogens with zero attached hydrogens (tertiary/aromatic N) is 5. The van der Waals surface area contributed by atoms with Gasteiger partial charge < -0.3 is 9.80 Å². The van der Waals surface area contributed by atoms with Crippen molar-refractivity contribution in [1.29, 1.82) is 0 Å². The average molecular weight is 387 g/mol. The fourth-order valence-corrected chi connectivity index (χ4v) is 3.79. The number of rotatable bonds is 5. The van der Waals surface area contributed by atoms with Gasteiger partial charge >= 0.3 is 0 Å². The molecule has 1 aliphatic heterocycles. The van der Waals surface area contributed by atoms with Crippen LogP contribution in [-0.4, -0.2) is 52.2 Å². The maximum Gasteiger partial charge on any atom is 0.230 e. The van der Waals surface area contributed by atoms with E-state index in [1.54, 1.807) is 12.4 Å². The van der Waals surface area contributed by atoms with E-state index in [0.717, 1.165) is 42.1 Å². The maximum atomic E-state index is 13.0. The van der Waals surface area contributed by atoms with E-state index in [9.17, 15) is 4.79 Å². The lowest BCUT2D eigenvalue weighted by Crippen LogP contribution is -2.50. The molecular formula is C23H25N5O. The predicted octanol–water partition coefficient (Wildman–Crippen LogP) is 3.38. The van der Waals surface area contributed by atoms with Crippen molar-refractivity contribution in [3.05, 3.63) is 72.6 Å². The normalized spacial score (nSPS) is 15.2. The Hall–Kier alpha value is -3.28. The predicted molar refractivity (Wildman–Crippen MR) is 114 cm³/mol. The van der Waals surface area contributed by atoms with Gasteiger partial charge in [-0.3, -0.25) is 9.78 Å². The molecule has 0 radical (unpaired) electrons. The van der Waals surface area contributed by atoms with Crippen LogP contribution in [0.3, 0.4) is 0 Å². The summed E-state index contributed by atoms with van der Waals surface area (Å²) in [6.07, 6.45) is 4.31. The van der Waals surface area contributed by atoms with Crippen LogP contribution in [0.15, 0.2) is 67.0 Å². The van der Waals surface area contributed by atoms with Gasteiger partial charge in [0, 0.05) is 44.1 Å². The third-order valence-corrected chi connectivity index (χ3v) is 5.45. The van der Waals surface area contributed by atoms with E-state index >= 15 is 0 Å². The Morgan fingerprint density at radius 3 is 2.28 bits per heavy atom. The van der Waals surface area contributed by atoms with Crippen molar-refractivity contribution in [2.45, 2.75) is 19.3 Å². The van der Waals surface area contributed by atoms with Gasteiger partial charge in [-0.05, 0) is 36.2 Å². The van der Waals surface area contributed by atoms with Crippen LogP contribution in [0.1, 0.15) is 24.8 Å². The molecule has 6 nitrogen and oxygen atoms in total. The molecule has 3 heterocycles. The van der Waals surface area contributed by atoms with E-state index in [1.165, 1.54) is 0 Å². The Labute approximate surface area is 171 Å². The largest absolute Gasteiger partial charge is 0.352 e. The quantitative estimate of drug-likeness (QED) is 0.672. The Bertz CT molecular complexity index is 923. The number of hydrogen-bond acceptors (Lipinski definition) is 5. The summed E-state index contributed by atoms with van der Waals surface area (Å²) in [6, 6.07) is 17.9. The Morgan fingerprint density at radius 2 is 1.66 bits per heavy atom. The number of hydrogen-bond donors (Lipinski definition) is 0. The molecule has 4 rings (SSSR count). The molecule has 0 spiro atoms. The highest BCUT2D eigenvalue weighted by Crippen LogP contribution is 2.24. The maximum absolute atomic E-state index is 13.0. The molecule has 1 aliphatic rings. The molecule has 148 valence electrons. The number of piperazine rings is 1. The van der Waals surface area contributed by atoms with Crippen LogP contribution in [0.2, 0.25) is 0 Å². The summed E-state index contributed by atoms with van der Waals surface area (Å²) in [7, 11) is 0. The van der Waals surface area contributed by atoms with Crippen molar-refractivity contribution in [3.63, 3.8) is 0 Å². The first-order valence-corrected chi connectivity index (χ1v) is 10.1. The van der Waals surface area contributed by atoms with Gasteiger partial charge in [0.05, 0.1) is 11.6 Å². The summed E-state index contributed by atoms with van der Waals surface area (Å²) in [4.78, 5) is 21.3. The fourth-order valence-electron chi connectivity index (χ4n) is 3.79. The summed E-state index contributed by atoms with van der Waals surface area (Å²) < 4.78 is 0. The minimum Gasteiger partial charge on any atom is -0.352 e. The third-order valence-electron chi connectivity index (χ3n) is 5.45. The second kappa shape index (κ2) is 8.82. The van der Waals surface area contributed by atoms with E-state index in [0.29, 0.717) is 13.1 Å². The Morgan fingerprint density at radius 1 is 0.931 bits per heavy atom. The lowest BCUT2D eigenvalue weighted by Gasteiger charge is -2.36. The van der Waals surface area contributed by atoms with Gasteiger partial charge in [-0.2, -0.15) is 0 Å². The van der Waals surface area contributed by atoms with Gasteiger partial charge in [0.2, 0.25) is 5.91 Å². The second-order valence-electron chi connectivity index (χ2n) is 7.20. The smallest absolute Gasteiger partial charge is 0.230 e. The first kappa shape index (κ1) is 19.1. The van der Waals surface area contributed by atoms with E-state index in [-0.39, 0.29) is 11.8 Å². The second-order valence-corrected chi connectivity index (χ2v) is 7.20. The molecule has 1 fully saturated rings. The number of carbonyl (C=O) groups excluding carboxylic acids is 1. The topological polar surface area (TPSA) is 62.2 Å². The average Bonchev–Trinajstić information content (AvgIpc) is 2.81. The van der Waals surface area contributed by atoms with Crippen LogP contribution in [0.25, 0.3) is 11.3 Å². The number of amides is 1. The Balaban J connectivity index is 1.38. The number of carbonyl (C=O) groups is 1. The van der Waals surface area contributed by atoms with Crippen molar-refractivity contribution >= 4 is 11.7 Å². The van der Waals surface area contributed by atoms with E-state index in [2.05, 4.69) is 27.0 Å². The third kappa shape index (κ3) is 4.26. The number of benzene rings is 1. The zero-order chi connectivity index (χ0) is 20.1. The van der Waals surface area contributed by atoms with Crippen LogP contribution in [0.4, 0.5) is 5.82 Å². The standard InChI is InChI=1S/C23H25N5O/c1-2-20(18-6-4-3-5-7-18)23(29)28-16-14-27(15-17-28)22-9-8-21(25-26-22)19-10-12-24-13-11-19/h3-13,20H,2,14-17H2,1H3. The van der Waals surface area contributed by atoms with E-state index < -0.39 is 0 Å². The lowest BCUT2D eigenvalue weighted by molar-refractivity contribution is -0.133. The molecule has 0 saturated carbocycles. The Kier molecular flexibility index (Phi) is 5.79. The summed E-state index contributed by atoms with van der Waals surface area (Å²) in [5.41, 5.74) is 2.93. The van der Waals surface area contributed by atoms with Crippen LogP contribution < -0.4 is 4.90 Å². The van der Waals surface area contributed by atoms with Gasteiger partial charge in [-0.1, -0.05) is 37.3 Å². The molecule has 1 amide bonds. The lowest BCUT2D eigenvalue weighted by atomic mass is 9.95. The zero-order valence-corrected chi connectivity index (χ0v) is 16.6. The molecule has 0 N–H and O–H groups in total. The molecular weight excluding hydrogens is 362 g/mol. The molecule has 2 aromatic heterocycles. The van der Waals surface area contributed by atoms with Crippen molar-refractivity contribution < 1.29 is 4.79 Å². The molecule has 0 bridgehead atoms. The number of pyridine rings is 1. The highest BCUT2D eigenvalue weighted by atomic mass is 16.2. The van der Waals surface area contributed by atoms with Gasteiger partial charge in [0.1, 0.15) is 0 Å². The first-order chi connectivity index (χ1) is 14.3. The van der Waals surface area contributed by atoms with E-state index in [4.69, 9.17) is 0 Å². The monoisotopic (exact) mass is 387 g/mol. The minimum absolute atomic E-state index is 0.0674. The van der Waals surface area contributed by atoms with Crippen LogP contribution in [0, 0.1) is 0 Å². The van der Waals surface area contributed by atoms with Crippen LogP contribution >= 0.6 is 0 Å². The number of aromatic nitrogens is 3. The summed E-state index contributed by atoms with van der Waals surface area (Å²) >= 11 is 0. The molecule has 1 saturated heterocycles.